The Bertz CT molecular complexity index is 1280. The van der Waals surface area contributed by atoms with Crippen LogP contribution in [0.2, 0.25) is 5.02 Å². The van der Waals surface area contributed by atoms with Crippen molar-refractivity contribution in [1.29, 1.82) is 0 Å². The highest BCUT2D eigenvalue weighted by atomic mass is 35.5. The maximum Gasteiger partial charge on any atom is 0.273 e. The van der Waals surface area contributed by atoms with Crippen molar-refractivity contribution in [2.24, 2.45) is 0 Å². The average molecular weight is 425 g/mol. The van der Waals surface area contributed by atoms with Gasteiger partial charge in [0.05, 0.1) is 6.33 Å². The first-order valence-corrected chi connectivity index (χ1v) is 10.1. The highest BCUT2D eigenvalue weighted by Gasteiger charge is 2.15. The van der Waals surface area contributed by atoms with E-state index in [-0.39, 0.29) is 18.0 Å². The van der Waals surface area contributed by atoms with Crippen LogP contribution in [0.15, 0.2) is 53.6 Å². The molecule has 0 saturated heterocycles. The van der Waals surface area contributed by atoms with Crippen molar-refractivity contribution in [3.8, 4) is 11.3 Å². The summed E-state index contributed by atoms with van der Waals surface area (Å²) in [7, 11) is 0. The summed E-state index contributed by atoms with van der Waals surface area (Å²) in [5, 5.41) is 3.31. The summed E-state index contributed by atoms with van der Waals surface area (Å²) >= 11 is 7.18. The van der Waals surface area contributed by atoms with Crippen LogP contribution in [-0.4, -0.2) is 19.8 Å². The van der Waals surface area contributed by atoms with Crippen molar-refractivity contribution in [1.82, 2.24) is 13.9 Å². The minimum atomic E-state index is -0.337. The number of carbonyl (C=O) groups excluding carboxylic acids is 1. The van der Waals surface area contributed by atoms with E-state index in [2.05, 4.69) is 14.7 Å². The highest BCUT2D eigenvalue weighted by molar-refractivity contribution is 7.13. The second-order valence-corrected chi connectivity index (χ2v) is 7.95. The molecule has 2 aromatic carbocycles. The second kappa shape index (κ2) is 7.77. The first-order valence-electron chi connectivity index (χ1n) is 8.90. The van der Waals surface area contributed by atoms with Crippen molar-refractivity contribution >= 4 is 44.9 Å². The van der Waals surface area contributed by atoms with Crippen LogP contribution in [0.1, 0.15) is 11.1 Å². The molecule has 29 heavy (non-hydrogen) atoms. The minimum Gasteiger partial charge on any atom is -0.324 e. The number of nitrogens with zero attached hydrogens (tertiary/aromatic N) is 3. The Morgan fingerprint density at radius 2 is 1.93 bits per heavy atom. The monoisotopic (exact) mass is 424 g/mol. The molecule has 6 nitrogen and oxygen atoms in total. The third-order valence-corrected chi connectivity index (χ3v) is 5.78. The van der Waals surface area contributed by atoms with Gasteiger partial charge < -0.3 is 5.32 Å². The van der Waals surface area contributed by atoms with E-state index in [9.17, 15) is 9.59 Å². The van der Waals surface area contributed by atoms with E-state index < -0.39 is 0 Å². The van der Waals surface area contributed by atoms with Crippen LogP contribution in [-0.2, 0) is 11.3 Å². The zero-order chi connectivity index (χ0) is 20.5. The normalized spacial score (nSPS) is 11.0. The SMILES string of the molecule is Cc1ccc(-c2nsc3c(=O)n(CC(=O)Nc4ccc(C)c(Cl)c4)cnc23)cc1. The topological polar surface area (TPSA) is 76.9 Å². The molecule has 1 N–H and O–H groups in total. The van der Waals surface area contributed by atoms with Gasteiger partial charge in [-0.05, 0) is 43.1 Å². The van der Waals surface area contributed by atoms with Gasteiger partial charge in [0.25, 0.3) is 5.56 Å². The summed E-state index contributed by atoms with van der Waals surface area (Å²) in [6, 6.07) is 13.2. The number of fused-ring (bicyclic) bond motifs is 1. The lowest BCUT2D eigenvalue weighted by molar-refractivity contribution is -0.116. The van der Waals surface area contributed by atoms with Crippen LogP contribution in [0.3, 0.4) is 0 Å². The number of rotatable bonds is 4. The van der Waals surface area contributed by atoms with Gasteiger partial charge in [-0.3, -0.25) is 14.2 Å². The van der Waals surface area contributed by atoms with E-state index in [4.69, 9.17) is 11.6 Å². The van der Waals surface area contributed by atoms with E-state index in [1.54, 1.807) is 12.1 Å². The molecule has 0 aliphatic heterocycles. The molecule has 0 fully saturated rings. The summed E-state index contributed by atoms with van der Waals surface area (Å²) < 4.78 is 6.12. The van der Waals surface area contributed by atoms with Gasteiger partial charge in [0.2, 0.25) is 5.91 Å². The Morgan fingerprint density at radius 1 is 1.17 bits per heavy atom. The molecule has 1 amide bonds. The van der Waals surface area contributed by atoms with Crippen LogP contribution in [0.5, 0.6) is 0 Å². The molecule has 146 valence electrons. The van der Waals surface area contributed by atoms with Gasteiger partial charge in [0.1, 0.15) is 22.5 Å². The van der Waals surface area contributed by atoms with Crippen molar-refractivity contribution < 1.29 is 4.79 Å². The van der Waals surface area contributed by atoms with Crippen LogP contribution < -0.4 is 10.9 Å². The standard InChI is InChI=1S/C21H17ClN4O2S/c1-12-3-6-14(7-4-12)18-19-20(29-25-18)21(28)26(11-23-19)10-17(27)24-15-8-5-13(2)16(22)9-15/h3-9,11H,10H2,1-2H3,(H,24,27). The Hall–Kier alpha value is -3.03. The molecule has 0 saturated carbocycles. The van der Waals surface area contributed by atoms with Crippen LogP contribution >= 0.6 is 23.1 Å². The zero-order valence-corrected chi connectivity index (χ0v) is 17.3. The largest absolute Gasteiger partial charge is 0.324 e. The van der Waals surface area contributed by atoms with Gasteiger partial charge in [0.15, 0.2) is 0 Å². The molecule has 0 atom stereocenters. The lowest BCUT2D eigenvalue weighted by Crippen LogP contribution is -2.27. The van der Waals surface area contributed by atoms with E-state index >= 15 is 0 Å². The van der Waals surface area contributed by atoms with Gasteiger partial charge in [-0.15, -0.1) is 0 Å². The summed E-state index contributed by atoms with van der Waals surface area (Å²) in [4.78, 5) is 29.6. The van der Waals surface area contributed by atoms with E-state index in [1.165, 1.54) is 10.9 Å². The van der Waals surface area contributed by atoms with Gasteiger partial charge in [0, 0.05) is 16.3 Å². The number of halogens is 1. The summed E-state index contributed by atoms with van der Waals surface area (Å²) in [6.45, 7) is 3.74. The minimum absolute atomic E-state index is 0.148. The number of hydrogen-bond donors (Lipinski definition) is 1. The van der Waals surface area contributed by atoms with Crippen LogP contribution in [0.4, 0.5) is 5.69 Å². The number of aryl methyl sites for hydroxylation is 2. The lowest BCUT2D eigenvalue weighted by Gasteiger charge is -2.08. The number of nitrogens with one attached hydrogen (secondary N) is 1. The molecule has 2 heterocycles. The predicted molar refractivity (Wildman–Crippen MR) is 117 cm³/mol. The summed E-state index contributed by atoms with van der Waals surface area (Å²) in [5.41, 5.74) is 4.48. The molecule has 2 aromatic heterocycles. The number of anilines is 1. The quantitative estimate of drug-likeness (QED) is 0.525. The first-order chi connectivity index (χ1) is 13.9. The van der Waals surface area contributed by atoms with Crippen LogP contribution in [0.25, 0.3) is 21.5 Å². The molecule has 8 heteroatoms. The van der Waals surface area contributed by atoms with Gasteiger partial charge in [-0.2, -0.15) is 4.37 Å². The molecule has 0 spiro atoms. The average Bonchev–Trinajstić information content (AvgIpc) is 3.12. The second-order valence-electron chi connectivity index (χ2n) is 6.76. The Morgan fingerprint density at radius 3 is 2.66 bits per heavy atom. The molecular formula is C21H17ClN4O2S. The molecule has 0 bridgehead atoms. The maximum absolute atomic E-state index is 12.8. The van der Waals surface area contributed by atoms with Crippen molar-refractivity contribution in [2.45, 2.75) is 20.4 Å². The number of hydrogen-bond acceptors (Lipinski definition) is 5. The van der Waals surface area contributed by atoms with E-state index in [0.717, 1.165) is 28.2 Å². The highest BCUT2D eigenvalue weighted by Crippen LogP contribution is 2.27. The Kier molecular flexibility index (Phi) is 5.17. The van der Waals surface area contributed by atoms with Gasteiger partial charge in [-0.25, -0.2) is 4.98 Å². The number of amides is 1. The van der Waals surface area contributed by atoms with Crippen molar-refractivity contribution in [3.63, 3.8) is 0 Å². The van der Waals surface area contributed by atoms with Crippen molar-refractivity contribution in [2.75, 3.05) is 5.32 Å². The van der Waals surface area contributed by atoms with Gasteiger partial charge >= 0.3 is 0 Å². The number of benzene rings is 2. The fourth-order valence-corrected chi connectivity index (χ4v) is 3.88. The summed E-state index contributed by atoms with van der Waals surface area (Å²) in [6.07, 6.45) is 1.39. The fourth-order valence-electron chi connectivity index (χ4n) is 2.90. The number of carbonyl (C=O) groups is 1. The van der Waals surface area contributed by atoms with Gasteiger partial charge in [-0.1, -0.05) is 47.5 Å². The third-order valence-electron chi connectivity index (χ3n) is 4.54. The maximum atomic E-state index is 12.8. The predicted octanol–water partition coefficient (Wildman–Crippen LogP) is 4.43. The Balaban J connectivity index is 1.59. The molecule has 0 radical (unpaired) electrons. The Labute approximate surface area is 176 Å². The van der Waals surface area contributed by atoms with Crippen LogP contribution in [0, 0.1) is 13.8 Å². The van der Waals surface area contributed by atoms with E-state index in [1.807, 2.05) is 44.2 Å². The molecule has 0 aliphatic carbocycles. The molecule has 0 aliphatic rings. The van der Waals surface area contributed by atoms with Crippen molar-refractivity contribution in [3.05, 3.63) is 75.3 Å². The molecule has 0 unspecified atom stereocenters. The van der Waals surface area contributed by atoms with E-state index in [0.29, 0.717) is 26.6 Å². The molecular weight excluding hydrogens is 408 g/mol. The number of aromatic nitrogens is 3. The smallest absolute Gasteiger partial charge is 0.273 e. The zero-order valence-electron chi connectivity index (χ0n) is 15.8. The molecule has 4 rings (SSSR count). The first kappa shape index (κ1) is 19.3. The fraction of sp³-hybridized carbons (Fsp3) is 0.143. The summed E-state index contributed by atoms with van der Waals surface area (Å²) in [5.74, 6) is -0.337. The molecule has 4 aromatic rings. The lowest BCUT2D eigenvalue weighted by atomic mass is 10.1. The third kappa shape index (κ3) is 3.92.